The van der Waals surface area contributed by atoms with Gasteiger partial charge in [-0.3, -0.25) is 9.59 Å². The minimum absolute atomic E-state index is 0.00830. The van der Waals surface area contributed by atoms with Crippen molar-refractivity contribution in [1.82, 2.24) is 0 Å². The number of allylic oxidation sites excluding steroid dienone is 2. The second-order valence-corrected chi connectivity index (χ2v) is 35.5. The van der Waals surface area contributed by atoms with Gasteiger partial charge in [-0.05, 0) is 220 Å². The van der Waals surface area contributed by atoms with E-state index in [1.807, 2.05) is 26.8 Å². The molecule has 0 aromatic carbocycles. The summed E-state index contributed by atoms with van der Waals surface area (Å²) in [7, 11) is 0. The van der Waals surface area contributed by atoms with E-state index in [1.165, 1.54) is 64.2 Å². The van der Waals surface area contributed by atoms with Crippen molar-refractivity contribution in [1.29, 1.82) is 0 Å². The van der Waals surface area contributed by atoms with E-state index in [2.05, 4.69) is 67.1 Å². The first-order valence-electron chi connectivity index (χ1n) is 36.9. The van der Waals surface area contributed by atoms with Gasteiger partial charge >= 0.3 is 23.9 Å². The van der Waals surface area contributed by atoms with E-state index in [9.17, 15) is 69.9 Å². The Morgan fingerprint density at radius 1 is 0.643 bits per heavy atom. The Labute approximate surface area is 577 Å². The molecule has 98 heavy (non-hydrogen) atoms. The van der Waals surface area contributed by atoms with E-state index in [0.29, 0.717) is 36.5 Å². The Kier molecular flexibility index (Phi) is 21.9. The summed E-state index contributed by atoms with van der Waals surface area (Å²) >= 11 is 0. The number of carbonyl (C=O) groups excluding carboxylic acids is 2. The molecule has 12 aliphatic rings. The van der Waals surface area contributed by atoms with Crippen LogP contribution in [0.4, 0.5) is 0 Å². The highest BCUT2D eigenvalue weighted by atomic mass is 16.8. The molecule has 556 valence electrons. The zero-order chi connectivity index (χ0) is 72.3. The molecule has 0 aromatic heterocycles. The summed E-state index contributed by atoms with van der Waals surface area (Å²) in [6.45, 7) is 26.9. The van der Waals surface area contributed by atoms with Gasteiger partial charge in [0.15, 0.2) is 42.4 Å². The van der Waals surface area contributed by atoms with Crippen molar-refractivity contribution < 1.29 is 114 Å². The van der Waals surface area contributed by atoms with Gasteiger partial charge in [-0.15, -0.1) is 0 Å². The molecule has 9 aliphatic carbocycles. The van der Waals surface area contributed by atoms with E-state index in [4.69, 9.17) is 39.4 Å². The average molecular weight is 1390 g/mol. The third-order valence-electron chi connectivity index (χ3n) is 29.5. The fourth-order valence-electron chi connectivity index (χ4n) is 23.5. The zero-order valence-electron chi connectivity index (χ0n) is 59.9. The molecule has 12 rings (SSSR count). The van der Waals surface area contributed by atoms with E-state index >= 15 is 0 Å². The average Bonchev–Trinajstić information content (AvgIpc) is 0.797. The minimum Gasteiger partial charge on any atom is -0.505 e. The third kappa shape index (κ3) is 13.1. The summed E-state index contributed by atoms with van der Waals surface area (Å²) in [4.78, 5) is 61.8. The normalized spacial score (nSPS) is 48.4. The molecule has 0 aromatic rings. The zero-order valence-corrected chi connectivity index (χ0v) is 59.9. The lowest BCUT2D eigenvalue weighted by Crippen LogP contribution is -2.68. The maximum Gasteiger partial charge on any atom is 0.377 e. The lowest BCUT2D eigenvalue weighted by Gasteiger charge is -2.70. The fourth-order valence-corrected chi connectivity index (χ4v) is 23.5. The molecule has 3 heterocycles. The van der Waals surface area contributed by atoms with Crippen LogP contribution in [0.3, 0.4) is 0 Å². The van der Waals surface area contributed by atoms with Crippen LogP contribution in [0.25, 0.3) is 0 Å². The third-order valence-corrected chi connectivity index (χ3v) is 29.5. The van der Waals surface area contributed by atoms with E-state index < -0.39 is 143 Å². The van der Waals surface area contributed by atoms with E-state index in [1.54, 1.807) is 0 Å². The molecule has 3 aliphatic heterocycles. The molecule has 0 spiro atoms. The summed E-state index contributed by atoms with van der Waals surface area (Å²) < 4.78 is 27.7. The number of hydrogen-bond acceptors (Lipinski definition) is 20. The largest absolute Gasteiger partial charge is 0.505 e. The molecule has 10 fully saturated rings. The van der Waals surface area contributed by atoms with Gasteiger partial charge in [0, 0.05) is 5.92 Å². The molecule has 8 saturated carbocycles. The summed E-state index contributed by atoms with van der Waals surface area (Å²) in [5.74, 6) is -0.759. The number of aliphatic hydroxyl groups excluding tert-OH is 10. The fraction of sp³-hybridized carbons (Fsp3) is 0.880. The topological polar surface area (TPSA) is 394 Å². The van der Waals surface area contributed by atoms with Crippen LogP contribution in [-0.2, 0) is 47.7 Å². The lowest BCUT2D eigenvalue weighted by molar-refractivity contribution is -0.371. The molecule has 30 atom stereocenters. The first-order valence-corrected chi connectivity index (χ1v) is 36.9. The van der Waals surface area contributed by atoms with Gasteiger partial charge in [-0.2, -0.15) is 0 Å². The van der Waals surface area contributed by atoms with Crippen LogP contribution in [0, 0.1) is 102 Å². The molecule has 0 amide bonds. The predicted molar refractivity (Wildman–Crippen MR) is 354 cm³/mol. The van der Waals surface area contributed by atoms with Crippen LogP contribution < -0.4 is 0 Å². The first kappa shape index (κ1) is 76.8. The minimum atomic E-state index is -2.05. The maximum absolute atomic E-state index is 14.8. The quantitative estimate of drug-likeness (QED) is 0.0574. The van der Waals surface area contributed by atoms with Gasteiger partial charge in [0.25, 0.3) is 0 Å². The number of hydrogen-bond donors (Lipinski definition) is 13. The Bertz CT molecular complexity index is 3020. The summed E-state index contributed by atoms with van der Waals surface area (Å²) in [5, 5.41) is 128. The highest BCUT2D eigenvalue weighted by molar-refractivity contribution is 5.96. The Balaban J connectivity index is 0.000000212. The smallest absolute Gasteiger partial charge is 0.377 e. The number of aliphatic carboxylic acids is 3. The number of carbonyl (C=O) groups is 5. The predicted octanol–water partition coefficient (Wildman–Crippen LogP) is 8.31. The van der Waals surface area contributed by atoms with Gasteiger partial charge in [-0.1, -0.05) is 101 Å². The highest BCUT2D eigenvalue weighted by Gasteiger charge is 2.71. The number of esters is 1. The van der Waals surface area contributed by atoms with Crippen molar-refractivity contribution in [3.8, 4) is 0 Å². The van der Waals surface area contributed by atoms with Crippen LogP contribution in [0.15, 0.2) is 23.2 Å². The van der Waals surface area contributed by atoms with Crippen molar-refractivity contribution in [3.05, 3.63) is 23.2 Å². The number of aliphatic hydroxyl groups is 10. The number of carboxylic acid groups (broad SMARTS) is 3. The molecular formula is C75H118O23. The number of fused-ring (bicyclic) bond motifs is 12. The SMILES string of the molecule is CC(C)CCC[C@H](C)[C@H]1CCC2C3CCC4C[C@H](O)CC[C@]4(C)C3CC[C@@]21C.CC1(C)[C@@H](O[C@H]2O[C@H](C(=O)O)[C@@H](O)[C@H](O)[C@H]2O[C@@H]2O[C@H](C(=O)O)[C@@H](O)[C@H](O)[C@H]2O)CC[C@]2(C)[C@H]3C(=O)C=C4[C@@H]5C[C@@](C)(C(=O)O)CC[C@]5(C)CC[C@@]4(C)[C@]3(C)CC[C@@H]12.O=C1O[C@H]([C@@H](O)CO)C(O)=C1O. The summed E-state index contributed by atoms with van der Waals surface area (Å²) in [6, 6.07) is 0. The van der Waals surface area contributed by atoms with Crippen LogP contribution >= 0.6 is 0 Å². The highest BCUT2D eigenvalue weighted by Crippen LogP contribution is 2.76. The van der Waals surface area contributed by atoms with Crippen LogP contribution in [-0.4, -0.2) is 188 Å². The van der Waals surface area contributed by atoms with Crippen LogP contribution in [0.5, 0.6) is 0 Å². The molecular weight excluding hydrogens is 1270 g/mol. The number of ether oxygens (including phenoxy) is 5. The summed E-state index contributed by atoms with van der Waals surface area (Å²) in [6.07, 6.45) is 1.57. The molecule has 23 nitrogen and oxygen atoms in total. The van der Waals surface area contributed by atoms with Gasteiger partial charge in [0.2, 0.25) is 5.76 Å². The standard InChI is InChI=1S/C42H62O16.C27H48O.C6H8O6/c1-37(2)21-8-11-42(7)31(20(43)16-18-19-17-39(4,36(53)54)13-12-38(19,3)14-15-41(18,42)6)40(21,5)10-9-22(37)55-35-30(26(47)25(46)29(57-35)33(51)52)58-34-27(48)23(44)24(45)28(56-34)32(49)50;1-18(2)7-6-8-19(3)23-11-12-24-22-10-9-20-17-21(28)13-15-26(20,4)25(22)14-16-27(23,24)5;7-1-2(8)5-3(9)4(10)6(11)12-5/h16,19,21-31,34-35,44-48H,8-15,17H2,1-7H3,(H,49,50)(H,51,52)(H,53,54);18-25,28H,6-17H2,1-5H3;2,5,7-10H,1H2/t19-,21-,22-,23-,24-,25-,26-,27+,28-,29-,30+,31+,34-,35-,38+,39-,40-,41+,42+;19-,20?,21+,22?,23+,24?,25?,26-,27+;2-,5+/m000/s1. The Hall–Kier alpha value is -3.85. The number of carboxylic acids is 3. The lowest BCUT2D eigenvalue weighted by atomic mass is 9.33. The van der Waals surface area contributed by atoms with Gasteiger partial charge in [0.1, 0.15) is 42.7 Å². The second kappa shape index (κ2) is 28.0. The monoisotopic (exact) mass is 1390 g/mol. The van der Waals surface area contributed by atoms with Crippen molar-refractivity contribution in [2.45, 2.75) is 304 Å². The molecule has 4 unspecified atom stereocenters. The molecule has 23 heteroatoms. The number of cyclic esters (lactones) is 1. The molecule has 0 bridgehead atoms. The number of rotatable bonds is 14. The maximum atomic E-state index is 14.8. The van der Waals surface area contributed by atoms with Crippen molar-refractivity contribution in [3.63, 3.8) is 0 Å². The van der Waals surface area contributed by atoms with Crippen molar-refractivity contribution in [2.24, 2.45) is 102 Å². The van der Waals surface area contributed by atoms with Crippen LogP contribution in [0.1, 0.15) is 218 Å². The van der Waals surface area contributed by atoms with Gasteiger partial charge in [0.05, 0.1) is 24.2 Å². The molecule has 2 saturated heterocycles. The van der Waals surface area contributed by atoms with Crippen LogP contribution in [0.2, 0.25) is 0 Å². The van der Waals surface area contributed by atoms with Gasteiger partial charge in [-0.25, -0.2) is 14.4 Å². The second-order valence-electron chi connectivity index (χ2n) is 35.5. The summed E-state index contributed by atoms with van der Waals surface area (Å²) in [5.41, 5.74) is -0.657. The van der Waals surface area contributed by atoms with E-state index in [0.717, 1.165) is 91.9 Å². The van der Waals surface area contributed by atoms with Crippen molar-refractivity contribution >= 4 is 29.7 Å². The van der Waals surface area contributed by atoms with Crippen molar-refractivity contribution in [2.75, 3.05) is 6.61 Å². The molecule has 0 radical (unpaired) electrons. The first-order chi connectivity index (χ1) is 45.6. The van der Waals surface area contributed by atoms with E-state index in [-0.39, 0.29) is 40.5 Å². The molecule has 13 N–H and O–H groups in total. The van der Waals surface area contributed by atoms with Gasteiger partial charge < -0.3 is 90.1 Å². The number of ketones is 1. The Morgan fingerprint density at radius 2 is 1.26 bits per heavy atom. The Morgan fingerprint density at radius 3 is 1.87 bits per heavy atom.